The smallest absolute Gasteiger partial charge is 0.356 e. The number of aromatic carboxylic acids is 1. The molecule has 2 aromatic heterocycles. The standard InChI is InChI=1S/C20H22N4O3/c1-11-4-5-15-14(13(3)21-18(15)12(11)2)6-7-23-8-9-24-17(19(23)25)10-16(22-24)20(26)27/h4-5,10,21H,6-9H2,1-3H3,(H,26,27). The number of nitrogens with one attached hydrogen (secondary N) is 1. The van der Waals surface area contributed by atoms with Crippen molar-refractivity contribution >= 4 is 22.8 Å². The minimum Gasteiger partial charge on any atom is -0.476 e. The first-order chi connectivity index (χ1) is 12.9. The molecule has 2 N–H and O–H groups in total. The van der Waals surface area contributed by atoms with Crippen molar-refractivity contribution in [3.63, 3.8) is 0 Å². The Kier molecular flexibility index (Phi) is 4.02. The van der Waals surface area contributed by atoms with Crippen molar-refractivity contribution in [1.29, 1.82) is 0 Å². The summed E-state index contributed by atoms with van der Waals surface area (Å²) in [5.41, 5.74) is 6.29. The van der Waals surface area contributed by atoms with Gasteiger partial charge in [-0.15, -0.1) is 0 Å². The van der Waals surface area contributed by atoms with E-state index in [1.54, 1.807) is 4.90 Å². The van der Waals surface area contributed by atoms with Crippen molar-refractivity contribution in [2.75, 3.05) is 13.1 Å². The molecule has 0 aliphatic carbocycles. The summed E-state index contributed by atoms with van der Waals surface area (Å²) in [7, 11) is 0. The van der Waals surface area contributed by atoms with Gasteiger partial charge >= 0.3 is 5.97 Å². The molecule has 7 heteroatoms. The summed E-state index contributed by atoms with van der Waals surface area (Å²) in [6.45, 7) is 7.92. The zero-order chi connectivity index (χ0) is 19.3. The largest absolute Gasteiger partial charge is 0.476 e. The van der Waals surface area contributed by atoms with Gasteiger partial charge in [0.1, 0.15) is 5.69 Å². The molecule has 3 aromatic rings. The highest BCUT2D eigenvalue weighted by molar-refractivity contribution is 5.96. The molecule has 0 bridgehead atoms. The topological polar surface area (TPSA) is 91.2 Å². The average molecular weight is 366 g/mol. The number of hydrogen-bond acceptors (Lipinski definition) is 3. The predicted molar refractivity (Wildman–Crippen MR) is 101 cm³/mol. The van der Waals surface area contributed by atoms with E-state index in [9.17, 15) is 9.59 Å². The van der Waals surface area contributed by atoms with Crippen LogP contribution in [-0.2, 0) is 13.0 Å². The lowest BCUT2D eigenvalue weighted by atomic mass is 10.0. The van der Waals surface area contributed by atoms with Crippen LogP contribution in [-0.4, -0.2) is 49.7 Å². The number of fused-ring (bicyclic) bond motifs is 2. The molecular formula is C20H22N4O3. The lowest BCUT2D eigenvalue weighted by Gasteiger charge is -2.27. The number of carbonyl (C=O) groups is 2. The fraction of sp³-hybridized carbons (Fsp3) is 0.350. The van der Waals surface area contributed by atoms with Crippen LogP contribution in [0.4, 0.5) is 0 Å². The van der Waals surface area contributed by atoms with Crippen LogP contribution in [0.5, 0.6) is 0 Å². The van der Waals surface area contributed by atoms with Crippen LogP contribution >= 0.6 is 0 Å². The Morgan fingerprint density at radius 2 is 2.04 bits per heavy atom. The Labute approximate surface area is 156 Å². The highest BCUT2D eigenvalue weighted by atomic mass is 16.4. The third-order valence-corrected chi connectivity index (χ3v) is 5.54. The highest BCUT2D eigenvalue weighted by Crippen LogP contribution is 2.27. The highest BCUT2D eigenvalue weighted by Gasteiger charge is 2.28. The van der Waals surface area contributed by atoms with Crippen LogP contribution in [0.2, 0.25) is 0 Å². The number of aryl methyl sites for hydroxylation is 3. The Morgan fingerprint density at radius 1 is 1.26 bits per heavy atom. The van der Waals surface area contributed by atoms with Crippen LogP contribution in [0.25, 0.3) is 10.9 Å². The number of nitrogens with zero attached hydrogens (tertiary/aromatic N) is 3. The number of hydrogen-bond donors (Lipinski definition) is 2. The Balaban J connectivity index is 1.57. The van der Waals surface area contributed by atoms with Crippen molar-refractivity contribution in [3.8, 4) is 0 Å². The number of carbonyl (C=O) groups excluding carboxylic acids is 1. The molecule has 7 nitrogen and oxygen atoms in total. The van der Waals surface area contributed by atoms with Gasteiger partial charge in [0.2, 0.25) is 0 Å². The number of H-pyrrole nitrogens is 1. The molecule has 1 aliphatic rings. The van der Waals surface area contributed by atoms with Crippen LogP contribution in [0, 0.1) is 20.8 Å². The van der Waals surface area contributed by atoms with E-state index in [0.717, 1.165) is 17.6 Å². The zero-order valence-electron chi connectivity index (χ0n) is 15.7. The molecule has 0 radical (unpaired) electrons. The SMILES string of the molecule is Cc1ccc2c(CCN3CCn4nc(C(=O)O)cc4C3=O)c(C)[nH]c2c1C. The van der Waals surface area contributed by atoms with E-state index in [2.05, 4.69) is 43.0 Å². The molecule has 3 heterocycles. The fourth-order valence-electron chi connectivity index (χ4n) is 3.82. The van der Waals surface area contributed by atoms with Crippen LogP contribution in [0.1, 0.15) is 43.4 Å². The monoisotopic (exact) mass is 366 g/mol. The second-order valence-electron chi connectivity index (χ2n) is 7.14. The Bertz CT molecular complexity index is 1080. The fourth-order valence-corrected chi connectivity index (χ4v) is 3.82. The van der Waals surface area contributed by atoms with Crippen molar-refractivity contribution in [2.24, 2.45) is 0 Å². The summed E-state index contributed by atoms with van der Waals surface area (Å²) in [5, 5.41) is 14.3. The molecule has 1 amide bonds. The predicted octanol–water partition coefficient (Wildman–Crippen LogP) is 2.69. The summed E-state index contributed by atoms with van der Waals surface area (Å²) in [6.07, 6.45) is 0.750. The van der Waals surface area contributed by atoms with E-state index >= 15 is 0 Å². The number of amides is 1. The van der Waals surface area contributed by atoms with E-state index in [0.29, 0.717) is 25.3 Å². The number of aromatic amines is 1. The van der Waals surface area contributed by atoms with Crippen molar-refractivity contribution in [1.82, 2.24) is 19.7 Å². The van der Waals surface area contributed by atoms with E-state index in [1.165, 1.54) is 32.8 Å². The maximum absolute atomic E-state index is 12.7. The van der Waals surface area contributed by atoms with Gasteiger partial charge in [0.05, 0.1) is 6.54 Å². The molecule has 0 fully saturated rings. The maximum Gasteiger partial charge on any atom is 0.356 e. The lowest BCUT2D eigenvalue weighted by Crippen LogP contribution is -2.41. The van der Waals surface area contributed by atoms with Gasteiger partial charge in [-0.05, 0) is 43.9 Å². The summed E-state index contributed by atoms with van der Waals surface area (Å²) in [5.74, 6) is -1.28. The van der Waals surface area contributed by atoms with Crippen LogP contribution < -0.4 is 0 Å². The number of carboxylic acid groups (broad SMARTS) is 1. The Morgan fingerprint density at radius 3 is 2.78 bits per heavy atom. The number of rotatable bonds is 4. The minimum atomic E-state index is -1.11. The molecule has 1 aliphatic heterocycles. The molecule has 4 rings (SSSR count). The summed E-state index contributed by atoms with van der Waals surface area (Å²) < 4.78 is 1.49. The van der Waals surface area contributed by atoms with Gasteiger partial charge in [-0.3, -0.25) is 9.48 Å². The van der Waals surface area contributed by atoms with E-state index in [1.807, 2.05) is 0 Å². The van der Waals surface area contributed by atoms with E-state index < -0.39 is 5.97 Å². The molecule has 0 unspecified atom stereocenters. The molecule has 27 heavy (non-hydrogen) atoms. The Hall–Kier alpha value is -3.09. The van der Waals surface area contributed by atoms with Crippen molar-refractivity contribution in [3.05, 3.63) is 52.0 Å². The third-order valence-electron chi connectivity index (χ3n) is 5.54. The third kappa shape index (κ3) is 2.79. The molecule has 0 saturated carbocycles. The first-order valence-corrected chi connectivity index (χ1v) is 9.04. The summed E-state index contributed by atoms with van der Waals surface area (Å²) in [6, 6.07) is 5.63. The number of aromatic nitrogens is 3. The number of carboxylic acids is 1. The van der Waals surface area contributed by atoms with Gasteiger partial charge in [-0.2, -0.15) is 5.10 Å². The molecule has 0 spiro atoms. The van der Waals surface area contributed by atoms with Crippen LogP contribution in [0.15, 0.2) is 18.2 Å². The number of benzene rings is 1. The minimum absolute atomic E-state index is 0.0847. The lowest BCUT2D eigenvalue weighted by molar-refractivity contribution is 0.0678. The molecule has 140 valence electrons. The quantitative estimate of drug-likeness (QED) is 0.743. The summed E-state index contributed by atoms with van der Waals surface area (Å²) >= 11 is 0. The van der Waals surface area contributed by atoms with Gasteiger partial charge < -0.3 is 15.0 Å². The van der Waals surface area contributed by atoms with E-state index in [-0.39, 0.29) is 11.6 Å². The normalized spacial score (nSPS) is 14.0. The molecule has 0 atom stereocenters. The van der Waals surface area contributed by atoms with Gasteiger partial charge in [0.25, 0.3) is 5.91 Å². The second-order valence-corrected chi connectivity index (χ2v) is 7.14. The van der Waals surface area contributed by atoms with Gasteiger partial charge in [-0.1, -0.05) is 12.1 Å². The van der Waals surface area contributed by atoms with Crippen LogP contribution in [0.3, 0.4) is 0 Å². The summed E-state index contributed by atoms with van der Waals surface area (Å²) in [4.78, 5) is 29.1. The van der Waals surface area contributed by atoms with Crippen molar-refractivity contribution < 1.29 is 14.7 Å². The van der Waals surface area contributed by atoms with Gasteiger partial charge in [0, 0.05) is 35.8 Å². The first-order valence-electron chi connectivity index (χ1n) is 9.04. The van der Waals surface area contributed by atoms with E-state index in [4.69, 9.17) is 5.11 Å². The second kappa shape index (κ2) is 6.26. The van der Waals surface area contributed by atoms with Gasteiger partial charge in [0.15, 0.2) is 5.69 Å². The molecule has 0 saturated heterocycles. The first kappa shape index (κ1) is 17.3. The molecular weight excluding hydrogens is 344 g/mol. The van der Waals surface area contributed by atoms with Crippen molar-refractivity contribution in [2.45, 2.75) is 33.7 Å². The average Bonchev–Trinajstić information content (AvgIpc) is 3.20. The van der Waals surface area contributed by atoms with Gasteiger partial charge in [-0.25, -0.2) is 4.79 Å². The maximum atomic E-state index is 12.7. The molecule has 1 aromatic carbocycles. The zero-order valence-corrected chi connectivity index (χ0v) is 15.7.